The topological polar surface area (TPSA) is 41.9 Å². The predicted octanol–water partition coefficient (Wildman–Crippen LogP) is 1.46. The lowest BCUT2D eigenvalue weighted by molar-refractivity contribution is -0.0361. The van der Waals surface area contributed by atoms with E-state index < -0.39 is 6.10 Å². The minimum absolute atomic E-state index is 0.248. The van der Waals surface area contributed by atoms with Gasteiger partial charge in [-0.2, -0.15) is 0 Å². The Morgan fingerprint density at radius 1 is 1.47 bits per heavy atom. The molecule has 1 heterocycles. The van der Waals surface area contributed by atoms with Crippen molar-refractivity contribution < 1.29 is 14.6 Å². The number of hydrogen-bond donors (Lipinski definition) is 1. The first-order valence-electron chi connectivity index (χ1n) is 6.85. The molecule has 1 aliphatic heterocycles. The number of aliphatic hydroxyl groups is 1. The second kappa shape index (κ2) is 6.89. The van der Waals surface area contributed by atoms with Gasteiger partial charge in [0.05, 0.1) is 12.7 Å². The Balaban J connectivity index is 1.75. The summed E-state index contributed by atoms with van der Waals surface area (Å²) in [6.07, 6.45) is -0.219. The van der Waals surface area contributed by atoms with Crippen LogP contribution in [0.2, 0.25) is 0 Å². The molecule has 2 atom stereocenters. The summed E-state index contributed by atoms with van der Waals surface area (Å²) >= 11 is 0. The first kappa shape index (κ1) is 14.3. The van der Waals surface area contributed by atoms with Crippen molar-refractivity contribution in [3.05, 3.63) is 29.8 Å². The second-order valence-corrected chi connectivity index (χ2v) is 5.17. The van der Waals surface area contributed by atoms with Gasteiger partial charge in [0, 0.05) is 19.6 Å². The third-order valence-corrected chi connectivity index (χ3v) is 3.32. The number of rotatable bonds is 5. The van der Waals surface area contributed by atoms with Crippen LogP contribution in [0.4, 0.5) is 0 Å². The lowest BCUT2D eigenvalue weighted by atomic mass is 10.2. The summed E-state index contributed by atoms with van der Waals surface area (Å²) in [6.45, 7) is 7.53. The molecule has 0 amide bonds. The van der Waals surface area contributed by atoms with E-state index in [0.29, 0.717) is 13.2 Å². The zero-order valence-corrected chi connectivity index (χ0v) is 11.7. The molecule has 0 radical (unpaired) electrons. The van der Waals surface area contributed by atoms with Crippen LogP contribution in [-0.4, -0.2) is 55.1 Å². The van der Waals surface area contributed by atoms with Crippen LogP contribution in [0.5, 0.6) is 5.75 Å². The maximum Gasteiger partial charge on any atom is 0.122 e. The van der Waals surface area contributed by atoms with Gasteiger partial charge in [-0.1, -0.05) is 18.2 Å². The van der Waals surface area contributed by atoms with Gasteiger partial charge in [-0.15, -0.1) is 0 Å². The fourth-order valence-electron chi connectivity index (χ4n) is 2.31. The number of β-amino-alcohol motifs (C(OH)–C–C–N with tert-alkyl or cyclic N) is 1. The zero-order chi connectivity index (χ0) is 13.7. The van der Waals surface area contributed by atoms with Gasteiger partial charge in [-0.05, 0) is 25.5 Å². The smallest absolute Gasteiger partial charge is 0.122 e. The summed E-state index contributed by atoms with van der Waals surface area (Å²) in [5.74, 6) is 0.844. The molecule has 0 aromatic heterocycles. The molecule has 0 unspecified atom stereocenters. The van der Waals surface area contributed by atoms with Crippen molar-refractivity contribution >= 4 is 0 Å². The molecule has 1 aliphatic rings. The van der Waals surface area contributed by atoms with Crippen LogP contribution >= 0.6 is 0 Å². The highest BCUT2D eigenvalue weighted by Gasteiger charge is 2.19. The van der Waals surface area contributed by atoms with Crippen LogP contribution < -0.4 is 4.74 Å². The lowest BCUT2D eigenvalue weighted by Crippen LogP contribution is -2.45. The van der Waals surface area contributed by atoms with Crippen molar-refractivity contribution in [1.82, 2.24) is 4.90 Å². The Kier molecular flexibility index (Phi) is 5.19. The molecule has 1 aromatic carbocycles. The van der Waals surface area contributed by atoms with Crippen LogP contribution in [0.1, 0.15) is 12.5 Å². The average molecular weight is 265 g/mol. The van der Waals surface area contributed by atoms with Gasteiger partial charge in [-0.3, -0.25) is 4.90 Å². The lowest BCUT2D eigenvalue weighted by Gasteiger charge is -2.32. The van der Waals surface area contributed by atoms with Gasteiger partial charge in [0.15, 0.2) is 0 Å². The Hall–Kier alpha value is -1.10. The Morgan fingerprint density at radius 2 is 2.26 bits per heavy atom. The van der Waals surface area contributed by atoms with Crippen molar-refractivity contribution in [3.8, 4) is 5.75 Å². The fourth-order valence-corrected chi connectivity index (χ4v) is 2.31. The van der Waals surface area contributed by atoms with E-state index in [9.17, 15) is 5.11 Å². The van der Waals surface area contributed by atoms with E-state index in [0.717, 1.165) is 31.0 Å². The highest BCUT2D eigenvalue weighted by molar-refractivity contribution is 5.31. The monoisotopic (exact) mass is 265 g/mol. The Labute approximate surface area is 114 Å². The molecule has 0 aliphatic carbocycles. The van der Waals surface area contributed by atoms with Gasteiger partial charge in [0.1, 0.15) is 18.5 Å². The highest BCUT2D eigenvalue weighted by atomic mass is 16.5. The number of aliphatic hydroxyl groups excluding tert-OH is 1. The van der Waals surface area contributed by atoms with E-state index in [1.165, 1.54) is 0 Å². The van der Waals surface area contributed by atoms with E-state index in [1.807, 2.05) is 31.2 Å². The molecule has 2 rings (SSSR count). The molecular weight excluding hydrogens is 242 g/mol. The molecule has 0 bridgehead atoms. The first-order chi connectivity index (χ1) is 9.15. The van der Waals surface area contributed by atoms with E-state index >= 15 is 0 Å². The molecule has 1 N–H and O–H groups in total. The summed E-state index contributed by atoms with van der Waals surface area (Å²) in [7, 11) is 0. The number of ether oxygens (including phenoxy) is 2. The van der Waals surface area contributed by atoms with Crippen molar-refractivity contribution in [2.45, 2.75) is 26.1 Å². The summed E-state index contributed by atoms with van der Waals surface area (Å²) in [6, 6.07) is 7.86. The van der Waals surface area contributed by atoms with E-state index in [4.69, 9.17) is 9.47 Å². The molecule has 1 saturated heterocycles. The van der Waals surface area contributed by atoms with Crippen LogP contribution in [0, 0.1) is 6.92 Å². The molecule has 4 heteroatoms. The summed E-state index contributed by atoms with van der Waals surface area (Å²) < 4.78 is 11.1. The third-order valence-electron chi connectivity index (χ3n) is 3.32. The van der Waals surface area contributed by atoms with Gasteiger partial charge in [-0.25, -0.2) is 0 Å². The van der Waals surface area contributed by atoms with Crippen LogP contribution in [0.3, 0.4) is 0 Å². The zero-order valence-electron chi connectivity index (χ0n) is 11.7. The average Bonchev–Trinajstić information content (AvgIpc) is 2.38. The van der Waals surface area contributed by atoms with Gasteiger partial charge < -0.3 is 14.6 Å². The van der Waals surface area contributed by atoms with E-state index in [1.54, 1.807) is 0 Å². The normalized spacial score (nSPS) is 22.2. The van der Waals surface area contributed by atoms with Crippen molar-refractivity contribution in [1.29, 1.82) is 0 Å². The Bertz CT molecular complexity index is 397. The van der Waals surface area contributed by atoms with Crippen LogP contribution in [0.15, 0.2) is 24.3 Å². The van der Waals surface area contributed by atoms with E-state index in [2.05, 4.69) is 11.8 Å². The summed E-state index contributed by atoms with van der Waals surface area (Å²) in [5.41, 5.74) is 1.09. The molecule has 0 spiro atoms. The fraction of sp³-hybridized carbons (Fsp3) is 0.600. The van der Waals surface area contributed by atoms with Crippen LogP contribution in [-0.2, 0) is 4.74 Å². The number of hydrogen-bond acceptors (Lipinski definition) is 4. The molecule has 19 heavy (non-hydrogen) atoms. The third kappa shape index (κ3) is 4.49. The van der Waals surface area contributed by atoms with E-state index in [-0.39, 0.29) is 6.10 Å². The van der Waals surface area contributed by atoms with Crippen LogP contribution in [0.25, 0.3) is 0 Å². The minimum Gasteiger partial charge on any atom is -0.491 e. The number of benzene rings is 1. The number of nitrogens with zero attached hydrogens (tertiary/aromatic N) is 1. The number of morpholine rings is 1. The second-order valence-electron chi connectivity index (χ2n) is 5.17. The van der Waals surface area contributed by atoms with Gasteiger partial charge in [0.25, 0.3) is 0 Å². The SMILES string of the molecule is Cc1ccccc1OC[C@H](O)CN1CCO[C@@H](C)C1. The van der Waals surface area contributed by atoms with Gasteiger partial charge in [0.2, 0.25) is 0 Å². The predicted molar refractivity (Wildman–Crippen MR) is 74.5 cm³/mol. The molecular formula is C15H23NO3. The largest absolute Gasteiger partial charge is 0.491 e. The van der Waals surface area contributed by atoms with Crippen molar-refractivity contribution in [2.24, 2.45) is 0 Å². The highest BCUT2D eigenvalue weighted by Crippen LogP contribution is 2.16. The number of aryl methyl sites for hydroxylation is 1. The molecule has 1 fully saturated rings. The standard InChI is InChI=1S/C15H23NO3/c1-12-5-3-4-6-15(12)19-11-14(17)10-16-7-8-18-13(2)9-16/h3-6,13-14,17H,7-11H2,1-2H3/t13-,14+/m0/s1. The number of para-hydroxylation sites is 1. The van der Waals surface area contributed by atoms with Gasteiger partial charge >= 0.3 is 0 Å². The molecule has 1 aromatic rings. The summed E-state index contributed by atoms with van der Waals surface area (Å²) in [4.78, 5) is 2.22. The molecule has 4 nitrogen and oxygen atoms in total. The van der Waals surface area contributed by atoms with Crippen molar-refractivity contribution in [2.75, 3.05) is 32.8 Å². The molecule has 0 saturated carbocycles. The van der Waals surface area contributed by atoms with Crippen molar-refractivity contribution in [3.63, 3.8) is 0 Å². The Morgan fingerprint density at radius 3 is 3.00 bits per heavy atom. The minimum atomic E-state index is -0.468. The maximum absolute atomic E-state index is 10.0. The quantitative estimate of drug-likeness (QED) is 0.875. The maximum atomic E-state index is 10.0. The summed E-state index contributed by atoms with van der Waals surface area (Å²) in [5, 5.41) is 10.0. The molecule has 106 valence electrons. The first-order valence-corrected chi connectivity index (χ1v) is 6.85.